The minimum atomic E-state index is 0.960. The summed E-state index contributed by atoms with van der Waals surface area (Å²) in [6.07, 6.45) is 11.7. The Morgan fingerprint density at radius 2 is 2.00 bits per heavy atom. The highest BCUT2D eigenvalue weighted by Crippen LogP contribution is 2.08. The van der Waals surface area contributed by atoms with Crippen molar-refractivity contribution < 1.29 is 0 Å². The molecule has 0 aliphatic carbocycles. The quantitative estimate of drug-likeness (QED) is 0.454. The largest absolute Gasteiger partial charge is 0.359 e. The lowest BCUT2D eigenvalue weighted by Gasteiger charge is -2.19. The fourth-order valence-electron chi connectivity index (χ4n) is 1.69. The molecule has 1 aliphatic rings. The van der Waals surface area contributed by atoms with Gasteiger partial charge in [0.1, 0.15) is 0 Å². The molecule has 0 saturated carbocycles. The maximum absolute atomic E-state index is 3.74. The lowest BCUT2D eigenvalue weighted by atomic mass is 10.2. The molecule has 0 aromatic carbocycles. The van der Waals surface area contributed by atoms with Gasteiger partial charge in [-0.3, -0.25) is 0 Å². The molecule has 0 fully saturated rings. The van der Waals surface area contributed by atoms with E-state index >= 15 is 0 Å². The van der Waals surface area contributed by atoms with Crippen molar-refractivity contribution in [1.29, 1.82) is 0 Å². The number of hydrogen-bond acceptors (Lipinski definition) is 2. The van der Waals surface area contributed by atoms with Crippen molar-refractivity contribution in [3.8, 4) is 0 Å². The zero-order valence-electron chi connectivity index (χ0n) is 9.28. The van der Waals surface area contributed by atoms with Gasteiger partial charge in [-0.15, -0.1) is 6.58 Å². The molecule has 0 aromatic rings. The molecule has 0 saturated heterocycles. The average Bonchev–Trinajstić information content (AvgIpc) is 2.61. The van der Waals surface area contributed by atoms with E-state index in [1.165, 1.54) is 32.2 Å². The monoisotopic (exact) mass is 194 g/mol. The lowest BCUT2D eigenvalue weighted by Crippen LogP contribution is -2.26. The predicted octanol–water partition coefficient (Wildman–Crippen LogP) is 2.80. The molecule has 0 spiro atoms. The Labute approximate surface area is 87.9 Å². The Hall–Kier alpha value is -0.920. The first-order chi connectivity index (χ1) is 6.86. The van der Waals surface area contributed by atoms with Crippen LogP contribution in [0, 0.1) is 0 Å². The molecule has 0 atom stereocenters. The molecule has 0 aromatic heterocycles. The van der Waals surface area contributed by atoms with Gasteiger partial charge in [0.25, 0.3) is 0 Å². The molecule has 1 heterocycles. The number of hydrogen-bond donors (Lipinski definition) is 0. The Bertz CT molecular complexity index is 187. The summed E-state index contributed by atoms with van der Waals surface area (Å²) in [5.41, 5.74) is 0. The van der Waals surface area contributed by atoms with Crippen molar-refractivity contribution in [1.82, 2.24) is 9.80 Å². The van der Waals surface area contributed by atoms with Crippen molar-refractivity contribution in [3.05, 3.63) is 25.1 Å². The Morgan fingerprint density at radius 3 is 2.71 bits per heavy atom. The van der Waals surface area contributed by atoms with Crippen LogP contribution >= 0.6 is 0 Å². The molecule has 0 unspecified atom stereocenters. The number of rotatable bonds is 7. The molecule has 80 valence electrons. The van der Waals surface area contributed by atoms with Crippen LogP contribution < -0.4 is 0 Å². The number of nitrogens with zero attached hydrogens (tertiary/aromatic N) is 2. The fourth-order valence-corrected chi connectivity index (χ4v) is 1.69. The summed E-state index contributed by atoms with van der Waals surface area (Å²) >= 11 is 0. The molecule has 0 amide bonds. The third-order valence-electron chi connectivity index (χ3n) is 2.51. The van der Waals surface area contributed by atoms with Crippen molar-refractivity contribution in [3.63, 3.8) is 0 Å². The molecule has 0 radical (unpaired) electrons. The Balaban J connectivity index is 2.05. The van der Waals surface area contributed by atoms with Crippen LogP contribution in [0.5, 0.6) is 0 Å². The van der Waals surface area contributed by atoms with E-state index in [9.17, 15) is 0 Å². The van der Waals surface area contributed by atoms with Gasteiger partial charge in [0, 0.05) is 25.5 Å². The third-order valence-corrected chi connectivity index (χ3v) is 2.51. The first kappa shape index (κ1) is 11.2. The molecule has 14 heavy (non-hydrogen) atoms. The minimum Gasteiger partial charge on any atom is -0.359 e. The highest BCUT2D eigenvalue weighted by Gasteiger charge is 2.09. The van der Waals surface area contributed by atoms with Gasteiger partial charge >= 0.3 is 0 Å². The predicted molar refractivity (Wildman–Crippen MR) is 61.8 cm³/mol. The number of unbranched alkanes of at least 4 members (excludes halogenated alkanes) is 3. The van der Waals surface area contributed by atoms with Crippen molar-refractivity contribution in [2.45, 2.75) is 32.6 Å². The van der Waals surface area contributed by atoms with Gasteiger partial charge in [-0.25, -0.2) is 0 Å². The van der Waals surface area contributed by atoms with Crippen LogP contribution in [-0.2, 0) is 0 Å². The second kappa shape index (κ2) is 6.52. The van der Waals surface area contributed by atoms with Gasteiger partial charge in [0.05, 0.1) is 6.67 Å². The summed E-state index contributed by atoms with van der Waals surface area (Å²) in [6, 6.07) is 0. The van der Waals surface area contributed by atoms with E-state index < -0.39 is 0 Å². The van der Waals surface area contributed by atoms with Crippen LogP contribution in [0.25, 0.3) is 0 Å². The maximum Gasteiger partial charge on any atom is 0.0896 e. The molecule has 1 rings (SSSR count). The molecular formula is C12H22N2. The van der Waals surface area contributed by atoms with E-state index in [2.05, 4.69) is 35.7 Å². The Kier molecular flexibility index (Phi) is 5.20. The standard InChI is InChI=1S/C12H22N2/c1-3-5-6-7-9-14-11-10-13(12-14)8-4-2/h4,10-11H,2-3,5-9,12H2,1H3. The highest BCUT2D eigenvalue weighted by molar-refractivity contribution is 4.92. The summed E-state index contributed by atoms with van der Waals surface area (Å²) in [5, 5.41) is 0. The summed E-state index contributed by atoms with van der Waals surface area (Å²) in [6.45, 7) is 9.19. The maximum atomic E-state index is 3.74. The molecule has 1 aliphatic heterocycles. The van der Waals surface area contributed by atoms with E-state index in [-0.39, 0.29) is 0 Å². The molecule has 2 heteroatoms. The van der Waals surface area contributed by atoms with Gasteiger partial charge in [0.15, 0.2) is 0 Å². The van der Waals surface area contributed by atoms with Crippen LogP contribution in [0.4, 0.5) is 0 Å². The van der Waals surface area contributed by atoms with Gasteiger partial charge in [-0.05, 0) is 6.42 Å². The second-order valence-electron chi connectivity index (χ2n) is 3.87. The van der Waals surface area contributed by atoms with Crippen LogP contribution in [0.2, 0.25) is 0 Å². The van der Waals surface area contributed by atoms with E-state index in [4.69, 9.17) is 0 Å². The van der Waals surface area contributed by atoms with E-state index in [1.807, 2.05) is 6.08 Å². The van der Waals surface area contributed by atoms with Crippen molar-refractivity contribution in [2.24, 2.45) is 0 Å². The molecular weight excluding hydrogens is 172 g/mol. The van der Waals surface area contributed by atoms with Gasteiger partial charge in [-0.2, -0.15) is 0 Å². The first-order valence-corrected chi connectivity index (χ1v) is 5.64. The summed E-state index contributed by atoms with van der Waals surface area (Å²) < 4.78 is 0. The zero-order chi connectivity index (χ0) is 10.2. The van der Waals surface area contributed by atoms with Crippen LogP contribution in [0.3, 0.4) is 0 Å². The molecule has 0 bridgehead atoms. The van der Waals surface area contributed by atoms with Crippen molar-refractivity contribution >= 4 is 0 Å². The van der Waals surface area contributed by atoms with Crippen LogP contribution in [-0.4, -0.2) is 29.6 Å². The van der Waals surface area contributed by atoms with Crippen LogP contribution in [0.15, 0.2) is 25.1 Å². The van der Waals surface area contributed by atoms with E-state index in [1.54, 1.807) is 0 Å². The minimum absolute atomic E-state index is 0.960. The van der Waals surface area contributed by atoms with Crippen molar-refractivity contribution in [2.75, 3.05) is 19.8 Å². The smallest absolute Gasteiger partial charge is 0.0896 e. The average molecular weight is 194 g/mol. The van der Waals surface area contributed by atoms with E-state index in [0.29, 0.717) is 0 Å². The second-order valence-corrected chi connectivity index (χ2v) is 3.87. The topological polar surface area (TPSA) is 6.48 Å². The van der Waals surface area contributed by atoms with Gasteiger partial charge in [-0.1, -0.05) is 32.3 Å². The Morgan fingerprint density at radius 1 is 1.21 bits per heavy atom. The molecule has 0 N–H and O–H groups in total. The SMILES string of the molecule is C=CCN1C=CN(CCCCCC)C1. The summed E-state index contributed by atoms with van der Waals surface area (Å²) in [7, 11) is 0. The fraction of sp³-hybridized carbons (Fsp3) is 0.667. The summed E-state index contributed by atoms with van der Waals surface area (Å²) in [4.78, 5) is 4.64. The molecule has 2 nitrogen and oxygen atoms in total. The first-order valence-electron chi connectivity index (χ1n) is 5.64. The third kappa shape index (κ3) is 3.86. The highest BCUT2D eigenvalue weighted by atomic mass is 15.3. The normalized spacial score (nSPS) is 15.2. The van der Waals surface area contributed by atoms with Gasteiger partial charge in [0.2, 0.25) is 0 Å². The van der Waals surface area contributed by atoms with Gasteiger partial charge < -0.3 is 9.80 Å². The lowest BCUT2D eigenvalue weighted by molar-refractivity contribution is 0.276. The summed E-state index contributed by atoms with van der Waals surface area (Å²) in [5.74, 6) is 0. The van der Waals surface area contributed by atoms with E-state index in [0.717, 1.165) is 13.2 Å². The van der Waals surface area contributed by atoms with Crippen LogP contribution in [0.1, 0.15) is 32.6 Å². The zero-order valence-corrected chi connectivity index (χ0v) is 9.28.